The number of halogens is 5. The molecule has 2 aromatic rings. The molecule has 0 saturated carbocycles. The van der Waals surface area contributed by atoms with Gasteiger partial charge >= 0.3 is 0 Å². The van der Waals surface area contributed by atoms with Crippen molar-refractivity contribution in [2.24, 2.45) is 0 Å². The molecule has 0 radical (unpaired) electrons. The number of hydrogen-bond acceptors (Lipinski definition) is 3. The summed E-state index contributed by atoms with van der Waals surface area (Å²) in [6.07, 6.45) is -1.18. The SMILES string of the molecule is CC(=O)c1ccc(NC(=S)N[C@@H](NC(=O)c2ccc(Cl)cc2Cl)C(Cl)(Cl)Cl)cc1. The number of nitrogens with one attached hydrogen (secondary N) is 3. The van der Waals surface area contributed by atoms with Crippen LogP contribution in [0.5, 0.6) is 0 Å². The molecule has 0 aromatic heterocycles. The van der Waals surface area contributed by atoms with Crippen molar-refractivity contribution in [1.82, 2.24) is 10.6 Å². The van der Waals surface area contributed by atoms with Crippen LogP contribution in [0.15, 0.2) is 42.5 Å². The monoisotopic (exact) mass is 511 g/mol. The number of amides is 1. The summed E-state index contributed by atoms with van der Waals surface area (Å²) >= 11 is 35.0. The highest BCUT2D eigenvalue weighted by atomic mass is 35.6. The van der Waals surface area contributed by atoms with Crippen molar-refractivity contribution in [1.29, 1.82) is 0 Å². The van der Waals surface area contributed by atoms with Crippen LogP contribution in [0.25, 0.3) is 0 Å². The Morgan fingerprint density at radius 1 is 1.00 bits per heavy atom. The van der Waals surface area contributed by atoms with Crippen molar-refractivity contribution >= 4 is 92.7 Å². The molecule has 11 heteroatoms. The van der Waals surface area contributed by atoms with E-state index in [1.807, 2.05) is 0 Å². The maximum absolute atomic E-state index is 12.5. The molecule has 0 spiro atoms. The first-order valence-corrected chi connectivity index (χ1v) is 10.3. The van der Waals surface area contributed by atoms with Crippen LogP contribution in [-0.2, 0) is 0 Å². The normalized spacial score (nSPS) is 12.1. The number of Topliss-reactive ketones (excluding diaryl/α,β-unsaturated/α-hetero) is 1. The van der Waals surface area contributed by atoms with Gasteiger partial charge in [-0.2, -0.15) is 0 Å². The van der Waals surface area contributed by atoms with E-state index in [0.29, 0.717) is 16.3 Å². The van der Waals surface area contributed by atoms with Gasteiger partial charge in [-0.25, -0.2) is 0 Å². The van der Waals surface area contributed by atoms with Crippen molar-refractivity contribution in [2.75, 3.05) is 5.32 Å². The number of rotatable bonds is 5. The number of carbonyl (C=O) groups is 2. The van der Waals surface area contributed by atoms with E-state index >= 15 is 0 Å². The average Bonchev–Trinajstić information content (AvgIpc) is 2.60. The van der Waals surface area contributed by atoms with Gasteiger partial charge in [-0.3, -0.25) is 9.59 Å². The molecule has 0 aliphatic rings. The molecule has 0 heterocycles. The standard InChI is InChI=1S/C18H14Cl5N3O2S/c1-9(27)10-2-5-12(6-3-10)24-17(29)26-16(18(21,22)23)25-15(28)13-7-4-11(19)8-14(13)20/h2-8,16H,1H3,(H,25,28)(H2,24,26,29)/t16-/m1/s1. The van der Waals surface area contributed by atoms with E-state index in [2.05, 4.69) is 16.0 Å². The molecule has 0 unspecified atom stereocenters. The lowest BCUT2D eigenvalue weighted by atomic mass is 10.1. The summed E-state index contributed by atoms with van der Waals surface area (Å²) < 4.78 is -1.93. The summed E-state index contributed by atoms with van der Waals surface area (Å²) in [4.78, 5) is 23.9. The highest BCUT2D eigenvalue weighted by Crippen LogP contribution is 2.30. The predicted octanol–water partition coefficient (Wildman–Crippen LogP) is 5.61. The van der Waals surface area contributed by atoms with E-state index in [1.54, 1.807) is 24.3 Å². The van der Waals surface area contributed by atoms with Crippen LogP contribution >= 0.6 is 70.2 Å². The highest BCUT2D eigenvalue weighted by Gasteiger charge is 2.35. The Morgan fingerprint density at radius 2 is 1.62 bits per heavy atom. The van der Waals surface area contributed by atoms with Gasteiger partial charge in [0.05, 0.1) is 10.6 Å². The Bertz CT molecular complexity index is 932. The number of ketones is 1. The second-order valence-corrected chi connectivity index (χ2v) is 9.43. The zero-order valence-corrected chi connectivity index (χ0v) is 19.3. The van der Waals surface area contributed by atoms with E-state index in [4.69, 9.17) is 70.2 Å². The highest BCUT2D eigenvalue weighted by molar-refractivity contribution is 7.80. The predicted molar refractivity (Wildman–Crippen MR) is 124 cm³/mol. The van der Waals surface area contributed by atoms with Crippen molar-refractivity contribution in [3.63, 3.8) is 0 Å². The maximum Gasteiger partial charge on any atom is 0.254 e. The number of thiocarbonyl (C=S) groups is 1. The molecule has 1 amide bonds. The lowest BCUT2D eigenvalue weighted by Crippen LogP contribution is -2.56. The number of hydrogen-bond donors (Lipinski definition) is 3. The van der Waals surface area contributed by atoms with Gasteiger partial charge in [0, 0.05) is 16.3 Å². The smallest absolute Gasteiger partial charge is 0.254 e. The van der Waals surface area contributed by atoms with Crippen LogP contribution in [0, 0.1) is 0 Å². The summed E-state index contributed by atoms with van der Waals surface area (Å²) in [7, 11) is 0. The molecular weight excluding hydrogens is 500 g/mol. The average molecular weight is 514 g/mol. The zero-order valence-electron chi connectivity index (χ0n) is 14.7. The molecule has 3 N–H and O–H groups in total. The summed E-state index contributed by atoms with van der Waals surface area (Å²) in [5.74, 6) is -0.652. The second kappa shape index (κ2) is 10.2. The van der Waals surface area contributed by atoms with Gasteiger partial charge < -0.3 is 16.0 Å². The fourth-order valence-corrected chi connectivity index (χ4v) is 3.23. The first kappa shape index (κ1) is 24.0. The van der Waals surface area contributed by atoms with E-state index in [-0.39, 0.29) is 21.5 Å². The van der Waals surface area contributed by atoms with E-state index in [0.717, 1.165) is 0 Å². The minimum Gasteiger partial charge on any atom is -0.339 e. The number of benzene rings is 2. The van der Waals surface area contributed by atoms with Crippen molar-refractivity contribution in [3.8, 4) is 0 Å². The largest absolute Gasteiger partial charge is 0.339 e. The Balaban J connectivity index is 2.09. The molecule has 0 bridgehead atoms. The number of anilines is 1. The first-order chi connectivity index (χ1) is 13.5. The maximum atomic E-state index is 12.5. The quantitative estimate of drug-likeness (QED) is 0.210. The van der Waals surface area contributed by atoms with Crippen LogP contribution in [0.2, 0.25) is 10.0 Å². The van der Waals surface area contributed by atoms with Crippen LogP contribution in [0.3, 0.4) is 0 Å². The molecule has 1 atom stereocenters. The Labute approximate surface area is 198 Å². The lowest BCUT2D eigenvalue weighted by molar-refractivity contribution is 0.0934. The summed E-state index contributed by atoms with van der Waals surface area (Å²) in [6.45, 7) is 1.47. The third-order valence-corrected chi connectivity index (χ3v) is 5.03. The van der Waals surface area contributed by atoms with Crippen molar-refractivity contribution in [2.45, 2.75) is 16.9 Å². The van der Waals surface area contributed by atoms with Crippen LogP contribution < -0.4 is 16.0 Å². The third kappa shape index (κ3) is 7.17. The van der Waals surface area contributed by atoms with Crippen LogP contribution in [0.4, 0.5) is 5.69 Å². The van der Waals surface area contributed by atoms with Crippen LogP contribution in [0.1, 0.15) is 27.6 Å². The summed E-state index contributed by atoms with van der Waals surface area (Å²) in [5, 5.41) is 8.74. The van der Waals surface area contributed by atoms with Crippen molar-refractivity contribution in [3.05, 3.63) is 63.6 Å². The van der Waals surface area contributed by atoms with E-state index in [1.165, 1.54) is 25.1 Å². The second-order valence-electron chi connectivity index (χ2n) is 5.80. The molecule has 154 valence electrons. The minimum absolute atomic E-state index is 0.0582. The summed E-state index contributed by atoms with van der Waals surface area (Å²) in [5.41, 5.74) is 1.30. The summed E-state index contributed by atoms with van der Waals surface area (Å²) in [6, 6.07) is 11.0. The van der Waals surface area contributed by atoms with Gasteiger partial charge in [0.2, 0.25) is 3.79 Å². The topological polar surface area (TPSA) is 70.2 Å². The van der Waals surface area contributed by atoms with Crippen molar-refractivity contribution < 1.29 is 9.59 Å². The third-order valence-electron chi connectivity index (χ3n) is 3.60. The first-order valence-electron chi connectivity index (χ1n) is 7.98. The molecule has 2 rings (SSSR count). The molecule has 2 aromatic carbocycles. The molecule has 5 nitrogen and oxygen atoms in total. The van der Waals surface area contributed by atoms with Gasteiger partial charge in [0.25, 0.3) is 5.91 Å². The van der Waals surface area contributed by atoms with Gasteiger partial charge in [-0.15, -0.1) is 0 Å². The van der Waals surface area contributed by atoms with Crippen LogP contribution in [-0.4, -0.2) is 26.8 Å². The van der Waals surface area contributed by atoms with Gasteiger partial charge in [0.15, 0.2) is 10.9 Å². The minimum atomic E-state index is -1.93. The molecule has 0 aliphatic heterocycles. The zero-order chi connectivity index (χ0) is 21.8. The fourth-order valence-electron chi connectivity index (χ4n) is 2.17. The number of alkyl halides is 3. The molecule has 0 fully saturated rings. The molecular formula is C18H14Cl5N3O2S. The van der Waals surface area contributed by atoms with E-state index in [9.17, 15) is 9.59 Å². The fraction of sp³-hybridized carbons (Fsp3) is 0.167. The number of carbonyl (C=O) groups excluding carboxylic acids is 2. The van der Waals surface area contributed by atoms with E-state index < -0.39 is 15.9 Å². The van der Waals surface area contributed by atoms with Gasteiger partial charge in [-0.05, 0) is 61.6 Å². The molecule has 0 saturated heterocycles. The molecule has 29 heavy (non-hydrogen) atoms. The molecule has 0 aliphatic carbocycles. The Hall–Kier alpha value is -1.28. The lowest BCUT2D eigenvalue weighted by Gasteiger charge is -2.28. The van der Waals surface area contributed by atoms with Gasteiger partial charge in [0.1, 0.15) is 6.17 Å². The Morgan fingerprint density at radius 3 is 2.14 bits per heavy atom. The van der Waals surface area contributed by atoms with Gasteiger partial charge in [-0.1, -0.05) is 58.0 Å². The Kier molecular flexibility index (Phi) is 8.40.